The van der Waals surface area contributed by atoms with Crippen molar-refractivity contribution in [3.63, 3.8) is 0 Å². The van der Waals surface area contributed by atoms with Crippen molar-refractivity contribution in [2.45, 2.75) is 6.18 Å². The second-order valence-electron chi connectivity index (χ2n) is 4.76. The highest BCUT2D eigenvalue weighted by Gasteiger charge is 2.33. The zero-order chi connectivity index (χ0) is 17.8. The average Bonchev–Trinajstić information content (AvgIpc) is 2.82. The zero-order valence-corrected chi connectivity index (χ0v) is 12.4. The van der Waals surface area contributed by atoms with E-state index in [9.17, 15) is 27.2 Å². The van der Waals surface area contributed by atoms with E-state index in [1.54, 1.807) is 0 Å². The molecule has 0 radical (unpaired) electrons. The molecular formula is C12H6ClF4N5O2. The van der Waals surface area contributed by atoms with Gasteiger partial charge in [0.2, 0.25) is 0 Å². The van der Waals surface area contributed by atoms with Gasteiger partial charge in [0.1, 0.15) is 22.4 Å². The van der Waals surface area contributed by atoms with Crippen LogP contribution in [0.3, 0.4) is 0 Å². The number of hydrogen-bond donors (Lipinski definition) is 1. The highest BCUT2D eigenvalue weighted by Crippen LogP contribution is 2.29. The van der Waals surface area contributed by atoms with E-state index in [1.165, 1.54) is 16.7 Å². The second-order valence-corrected chi connectivity index (χ2v) is 5.17. The fourth-order valence-electron chi connectivity index (χ4n) is 2.22. The van der Waals surface area contributed by atoms with Crippen LogP contribution in [0.25, 0.3) is 16.7 Å². The van der Waals surface area contributed by atoms with Gasteiger partial charge >= 0.3 is 11.9 Å². The Morgan fingerprint density at radius 2 is 1.92 bits per heavy atom. The molecule has 12 heteroatoms. The number of nitrogens with zero attached hydrogens (tertiary/aromatic N) is 4. The molecule has 0 atom stereocenters. The lowest BCUT2D eigenvalue weighted by molar-refractivity contribution is -0.141. The maximum absolute atomic E-state index is 14.3. The van der Waals surface area contributed by atoms with Gasteiger partial charge in [0.25, 0.3) is 5.56 Å². The highest BCUT2D eigenvalue weighted by molar-refractivity contribution is 6.35. The molecule has 1 aromatic carbocycles. The van der Waals surface area contributed by atoms with Gasteiger partial charge < -0.3 is 4.98 Å². The summed E-state index contributed by atoms with van der Waals surface area (Å²) in [4.78, 5) is 25.4. The minimum absolute atomic E-state index is 0.0878. The summed E-state index contributed by atoms with van der Waals surface area (Å²) >= 11 is 5.87. The molecule has 2 heterocycles. The van der Waals surface area contributed by atoms with Crippen LogP contribution >= 0.6 is 11.6 Å². The van der Waals surface area contributed by atoms with Crippen LogP contribution in [0.2, 0.25) is 5.02 Å². The fourth-order valence-corrected chi connectivity index (χ4v) is 2.53. The van der Waals surface area contributed by atoms with Gasteiger partial charge in [-0.15, -0.1) is 5.10 Å². The second kappa shape index (κ2) is 5.16. The normalized spacial score (nSPS) is 12.1. The van der Waals surface area contributed by atoms with Gasteiger partial charge in [-0.25, -0.2) is 18.4 Å². The molecule has 24 heavy (non-hydrogen) atoms. The molecular weight excluding hydrogens is 358 g/mol. The molecule has 0 aliphatic heterocycles. The van der Waals surface area contributed by atoms with Gasteiger partial charge in [-0.1, -0.05) is 16.8 Å². The third kappa shape index (κ3) is 2.37. The molecule has 2 aromatic heterocycles. The van der Waals surface area contributed by atoms with E-state index in [1.807, 2.05) is 0 Å². The molecule has 0 spiro atoms. The molecule has 0 aliphatic carbocycles. The van der Waals surface area contributed by atoms with E-state index in [0.717, 1.165) is 6.07 Å². The largest absolute Gasteiger partial charge is 0.431 e. The number of aryl methyl sites for hydroxylation is 1. The molecule has 0 saturated carbocycles. The topological polar surface area (TPSA) is 85.6 Å². The van der Waals surface area contributed by atoms with E-state index in [4.69, 9.17) is 11.6 Å². The lowest BCUT2D eigenvalue weighted by atomic mass is 10.2. The van der Waals surface area contributed by atoms with E-state index >= 15 is 0 Å². The first-order valence-corrected chi connectivity index (χ1v) is 6.60. The number of alkyl halides is 3. The molecule has 7 nitrogen and oxygen atoms in total. The molecule has 0 saturated heterocycles. The number of H-pyrrole nitrogens is 1. The van der Waals surface area contributed by atoms with Crippen LogP contribution in [0, 0.1) is 5.82 Å². The Balaban J connectivity index is 2.42. The summed E-state index contributed by atoms with van der Waals surface area (Å²) in [6.45, 7) is 0. The van der Waals surface area contributed by atoms with Crippen molar-refractivity contribution in [2.24, 2.45) is 7.05 Å². The standard InChI is InChI=1S/C12H6ClF4N5O2/c1-21-9-4(13)2-5(14)10(8(9)19-20-21)22-7(23)3-6(12(15,16)17)18-11(22)24/h2-3H,1H3,(H,18,24). The van der Waals surface area contributed by atoms with Crippen molar-refractivity contribution in [2.75, 3.05) is 0 Å². The minimum atomic E-state index is -4.93. The monoisotopic (exact) mass is 363 g/mol. The van der Waals surface area contributed by atoms with Crippen LogP contribution < -0.4 is 11.2 Å². The summed E-state index contributed by atoms with van der Waals surface area (Å²) in [6, 6.07) is 0.962. The number of hydrogen-bond acceptors (Lipinski definition) is 4. The average molecular weight is 364 g/mol. The molecule has 0 amide bonds. The van der Waals surface area contributed by atoms with E-state index in [0.29, 0.717) is 0 Å². The number of fused-ring (bicyclic) bond motifs is 1. The van der Waals surface area contributed by atoms with Crippen LogP contribution in [0.5, 0.6) is 0 Å². The summed E-state index contributed by atoms with van der Waals surface area (Å²) in [6.07, 6.45) is -4.93. The lowest BCUT2D eigenvalue weighted by Crippen LogP contribution is -2.36. The number of benzene rings is 1. The van der Waals surface area contributed by atoms with Crippen molar-refractivity contribution in [3.8, 4) is 5.69 Å². The smallest absolute Gasteiger partial charge is 0.303 e. The molecule has 0 aliphatic rings. The molecule has 3 aromatic rings. The summed E-state index contributed by atoms with van der Waals surface area (Å²) < 4.78 is 53.6. The van der Waals surface area contributed by atoms with Gasteiger partial charge in [0.15, 0.2) is 5.82 Å². The maximum atomic E-state index is 14.3. The van der Waals surface area contributed by atoms with Gasteiger partial charge in [0.05, 0.1) is 5.02 Å². The third-order valence-corrected chi connectivity index (χ3v) is 3.51. The quantitative estimate of drug-likeness (QED) is 0.666. The van der Waals surface area contributed by atoms with E-state index in [-0.39, 0.29) is 26.7 Å². The Kier molecular flexibility index (Phi) is 3.48. The van der Waals surface area contributed by atoms with Gasteiger partial charge in [-0.3, -0.25) is 4.79 Å². The van der Waals surface area contributed by atoms with Crippen LogP contribution in [0.1, 0.15) is 5.69 Å². The van der Waals surface area contributed by atoms with Crippen LogP contribution in [0.4, 0.5) is 17.6 Å². The number of rotatable bonds is 1. The summed E-state index contributed by atoms with van der Waals surface area (Å²) in [5, 5.41) is 7.14. The number of aromatic amines is 1. The Morgan fingerprint density at radius 3 is 2.50 bits per heavy atom. The molecule has 126 valence electrons. The Morgan fingerprint density at radius 1 is 1.25 bits per heavy atom. The Bertz CT molecular complexity index is 1050. The summed E-state index contributed by atoms with van der Waals surface area (Å²) in [5.41, 5.74) is -5.16. The van der Waals surface area contributed by atoms with Crippen molar-refractivity contribution in [3.05, 3.63) is 49.5 Å². The summed E-state index contributed by atoms with van der Waals surface area (Å²) in [7, 11) is 1.43. The maximum Gasteiger partial charge on any atom is 0.431 e. The molecule has 1 N–H and O–H groups in total. The third-order valence-electron chi connectivity index (χ3n) is 3.22. The van der Waals surface area contributed by atoms with Crippen molar-refractivity contribution < 1.29 is 17.6 Å². The Hall–Kier alpha value is -2.69. The number of halogens is 5. The van der Waals surface area contributed by atoms with Gasteiger partial charge in [0, 0.05) is 13.1 Å². The number of nitrogens with one attached hydrogen (secondary N) is 1. The van der Waals surface area contributed by atoms with E-state index in [2.05, 4.69) is 10.3 Å². The molecule has 0 bridgehead atoms. The van der Waals surface area contributed by atoms with Gasteiger partial charge in [-0.05, 0) is 6.07 Å². The first-order chi connectivity index (χ1) is 11.1. The molecule has 0 fully saturated rings. The minimum Gasteiger partial charge on any atom is -0.303 e. The highest BCUT2D eigenvalue weighted by atomic mass is 35.5. The fraction of sp³-hybridized carbons (Fsp3) is 0.167. The first-order valence-electron chi connectivity index (χ1n) is 6.22. The first kappa shape index (κ1) is 16.2. The van der Waals surface area contributed by atoms with E-state index < -0.39 is 34.6 Å². The van der Waals surface area contributed by atoms with Gasteiger partial charge in [-0.2, -0.15) is 13.2 Å². The zero-order valence-electron chi connectivity index (χ0n) is 11.6. The summed E-state index contributed by atoms with van der Waals surface area (Å²) in [5.74, 6) is -1.11. The SMILES string of the molecule is Cn1nnc2c(-n3c(=O)cc(C(F)(F)F)[nH]c3=O)c(F)cc(Cl)c21. The predicted molar refractivity (Wildman–Crippen MR) is 74.7 cm³/mol. The van der Waals surface area contributed by atoms with Crippen molar-refractivity contribution >= 4 is 22.6 Å². The number of aromatic nitrogens is 5. The Labute approximate surface area is 134 Å². The van der Waals surface area contributed by atoms with Crippen LogP contribution in [-0.4, -0.2) is 24.5 Å². The predicted octanol–water partition coefficient (Wildman–Crippen LogP) is 1.62. The van der Waals surface area contributed by atoms with Crippen molar-refractivity contribution in [1.82, 2.24) is 24.5 Å². The molecule has 3 rings (SSSR count). The van der Waals surface area contributed by atoms with Crippen LogP contribution in [0.15, 0.2) is 21.7 Å². The molecule has 0 unspecified atom stereocenters. The van der Waals surface area contributed by atoms with Crippen LogP contribution in [-0.2, 0) is 13.2 Å². The van der Waals surface area contributed by atoms with Crippen molar-refractivity contribution in [1.29, 1.82) is 0 Å². The lowest BCUT2D eigenvalue weighted by Gasteiger charge is -2.10.